The molecule has 1 heterocycles. The van der Waals surface area contributed by atoms with Crippen LogP contribution in [0.1, 0.15) is 21.7 Å². The highest BCUT2D eigenvalue weighted by molar-refractivity contribution is 7.92. The van der Waals surface area contributed by atoms with Crippen LogP contribution < -0.4 is 10.0 Å². The van der Waals surface area contributed by atoms with E-state index in [9.17, 15) is 13.2 Å². The molecule has 0 bridgehead atoms. The molecule has 2 N–H and O–H groups in total. The topological polar surface area (TPSA) is 125 Å². The van der Waals surface area contributed by atoms with Gasteiger partial charge in [-0.2, -0.15) is 5.26 Å². The Hall–Kier alpha value is -3.64. The number of benzene rings is 2. The third-order valence-electron chi connectivity index (χ3n) is 3.54. The third-order valence-corrected chi connectivity index (χ3v) is 4.94. The summed E-state index contributed by atoms with van der Waals surface area (Å²) in [4.78, 5) is 12.1. The molecule has 1 amide bonds. The van der Waals surface area contributed by atoms with Gasteiger partial charge in [0.15, 0.2) is 5.82 Å². The molecule has 3 rings (SSSR count). The van der Waals surface area contributed by atoms with E-state index >= 15 is 0 Å². The van der Waals surface area contributed by atoms with Gasteiger partial charge in [-0.05, 0) is 49.4 Å². The molecule has 8 nitrogen and oxygen atoms in total. The Labute approximate surface area is 155 Å². The second-order valence-electron chi connectivity index (χ2n) is 5.60. The lowest BCUT2D eigenvalue weighted by Crippen LogP contribution is -2.15. The van der Waals surface area contributed by atoms with Crippen LogP contribution in [-0.2, 0) is 10.0 Å². The number of sulfonamides is 1. The molecule has 1 aromatic heterocycles. The molecule has 0 spiro atoms. The molecule has 0 aliphatic heterocycles. The Morgan fingerprint density at radius 2 is 1.89 bits per heavy atom. The Kier molecular flexibility index (Phi) is 4.92. The van der Waals surface area contributed by atoms with E-state index in [-0.39, 0.29) is 22.0 Å². The van der Waals surface area contributed by atoms with Gasteiger partial charge in [0, 0.05) is 11.6 Å². The van der Waals surface area contributed by atoms with E-state index in [0.29, 0.717) is 11.3 Å². The summed E-state index contributed by atoms with van der Waals surface area (Å²) in [5, 5.41) is 15.1. The fourth-order valence-corrected chi connectivity index (χ4v) is 3.32. The Balaban J connectivity index is 1.75. The number of nitrogens with zero attached hydrogens (tertiary/aromatic N) is 2. The van der Waals surface area contributed by atoms with Gasteiger partial charge in [0.25, 0.3) is 15.9 Å². The smallest absolute Gasteiger partial charge is 0.261 e. The zero-order valence-electron chi connectivity index (χ0n) is 14.1. The van der Waals surface area contributed by atoms with E-state index in [1.807, 2.05) is 6.07 Å². The number of carbonyl (C=O) groups excluding carboxylic acids is 1. The van der Waals surface area contributed by atoms with Crippen molar-refractivity contribution in [2.75, 3.05) is 10.0 Å². The van der Waals surface area contributed by atoms with E-state index in [0.717, 1.165) is 0 Å². The van der Waals surface area contributed by atoms with Crippen molar-refractivity contribution in [2.24, 2.45) is 0 Å². The molecule has 0 radical (unpaired) electrons. The predicted molar refractivity (Wildman–Crippen MR) is 97.6 cm³/mol. The summed E-state index contributed by atoms with van der Waals surface area (Å²) < 4.78 is 32.2. The van der Waals surface area contributed by atoms with Gasteiger partial charge >= 0.3 is 0 Å². The fraction of sp³-hybridized carbons (Fsp3) is 0.0556. The summed E-state index contributed by atoms with van der Waals surface area (Å²) >= 11 is 0. The number of amides is 1. The minimum absolute atomic E-state index is 0.0151. The molecule has 27 heavy (non-hydrogen) atoms. The number of hydrogen-bond donors (Lipinski definition) is 2. The molecular weight excluding hydrogens is 368 g/mol. The van der Waals surface area contributed by atoms with Gasteiger partial charge in [-0.1, -0.05) is 11.2 Å². The van der Waals surface area contributed by atoms with Gasteiger partial charge < -0.3 is 9.84 Å². The second kappa shape index (κ2) is 7.31. The first-order valence-electron chi connectivity index (χ1n) is 7.75. The van der Waals surface area contributed by atoms with Crippen molar-refractivity contribution in [3.8, 4) is 6.07 Å². The Morgan fingerprint density at radius 3 is 2.52 bits per heavy atom. The van der Waals surface area contributed by atoms with E-state index in [2.05, 4.69) is 15.2 Å². The first kappa shape index (κ1) is 18.2. The number of rotatable bonds is 5. The molecule has 0 aliphatic rings. The van der Waals surface area contributed by atoms with Crippen LogP contribution in [0.4, 0.5) is 11.5 Å². The zero-order chi connectivity index (χ0) is 19.4. The molecular formula is C18H14N4O4S. The quantitative estimate of drug-likeness (QED) is 0.699. The highest BCUT2D eigenvalue weighted by Crippen LogP contribution is 2.18. The molecule has 2 aromatic carbocycles. The normalized spacial score (nSPS) is 10.8. The van der Waals surface area contributed by atoms with Crippen LogP contribution in [0.5, 0.6) is 0 Å². The number of aryl methyl sites for hydroxylation is 1. The molecule has 136 valence electrons. The number of aromatic nitrogens is 1. The maximum absolute atomic E-state index is 12.5. The number of nitrogens with one attached hydrogen (secondary N) is 2. The maximum atomic E-state index is 12.5. The zero-order valence-corrected chi connectivity index (χ0v) is 14.9. The average Bonchev–Trinajstić information content (AvgIpc) is 3.06. The Morgan fingerprint density at radius 1 is 1.15 bits per heavy atom. The summed E-state index contributed by atoms with van der Waals surface area (Å²) in [6.45, 7) is 1.70. The highest BCUT2D eigenvalue weighted by atomic mass is 32.2. The first-order chi connectivity index (χ1) is 12.9. The lowest BCUT2D eigenvalue weighted by atomic mass is 10.2. The van der Waals surface area contributed by atoms with Crippen LogP contribution in [0.2, 0.25) is 0 Å². The molecule has 0 saturated heterocycles. The van der Waals surface area contributed by atoms with Gasteiger partial charge in [0.1, 0.15) is 5.76 Å². The predicted octanol–water partition coefficient (Wildman–Crippen LogP) is 2.91. The van der Waals surface area contributed by atoms with E-state index in [1.165, 1.54) is 30.3 Å². The van der Waals surface area contributed by atoms with Crippen LogP contribution >= 0.6 is 0 Å². The fourth-order valence-electron chi connectivity index (χ4n) is 2.27. The van der Waals surface area contributed by atoms with E-state index < -0.39 is 15.9 Å². The van der Waals surface area contributed by atoms with Gasteiger partial charge in [0.2, 0.25) is 0 Å². The van der Waals surface area contributed by atoms with Crippen molar-refractivity contribution >= 4 is 27.4 Å². The van der Waals surface area contributed by atoms with Crippen LogP contribution in [0.3, 0.4) is 0 Å². The molecule has 9 heteroatoms. The number of carbonyl (C=O) groups is 1. The van der Waals surface area contributed by atoms with Gasteiger partial charge in [-0.25, -0.2) is 8.42 Å². The van der Waals surface area contributed by atoms with Crippen molar-refractivity contribution < 1.29 is 17.7 Å². The molecule has 3 aromatic rings. The second-order valence-corrected chi connectivity index (χ2v) is 7.28. The molecule has 0 saturated carbocycles. The van der Waals surface area contributed by atoms with Crippen LogP contribution in [0, 0.1) is 18.3 Å². The summed E-state index contributed by atoms with van der Waals surface area (Å²) in [7, 11) is -3.85. The number of nitriles is 1. The lowest BCUT2D eigenvalue weighted by molar-refractivity contribution is 0.102. The monoisotopic (exact) mass is 382 g/mol. The van der Waals surface area contributed by atoms with Gasteiger partial charge in [0.05, 0.1) is 22.2 Å². The summed E-state index contributed by atoms with van der Waals surface area (Å²) in [6.07, 6.45) is 0. The standard InChI is InChI=1S/C18H14N4O4S/c1-12-9-17(21-26-12)20-18(23)14-5-7-16(8-6-14)27(24,25)22-15-4-2-3-13(10-15)11-19/h2-10,22H,1H3,(H,20,21,23). The summed E-state index contributed by atoms with van der Waals surface area (Å²) in [6, 6.07) is 15.1. The Bertz CT molecular complexity index is 1130. The van der Waals surface area contributed by atoms with Crippen LogP contribution in [0.15, 0.2) is 64.0 Å². The summed E-state index contributed by atoms with van der Waals surface area (Å²) in [5.41, 5.74) is 0.878. The van der Waals surface area contributed by atoms with Crippen molar-refractivity contribution in [1.82, 2.24) is 5.16 Å². The van der Waals surface area contributed by atoms with Crippen molar-refractivity contribution in [1.29, 1.82) is 5.26 Å². The molecule has 0 atom stereocenters. The molecule has 0 aliphatic carbocycles. The van der Waals surface area contributed by atoms with Crippen LogP contribution in [-0.4, -0.2) is 19.5 Å². The minimum atomic E-state index is -3.85. The van der Waals surface area contributed by atoms with Crippen molar-refractivity contribution in [3.05, 3.63) is 71.5 Å². The minimum Gasteiger partial charge on any atom is -0.360 e. The molecule has 0 unspecified atom stereocenters. The van der Waals surface area contributed by atoms with Gasteiger partial charge in [-0.15, -0.1) is 0 Å². The van der Waals surface area contributed by atoms with Gasteiger partial charge in [-0.3, -0.25) is 9.52 Å². The third kappa shape index (κ3) is 4.31. The van der Waals surface area contributed by atoms with Crippen molar-refractivity contribution in [3.63, 3.8) is 0 Å². The van der Waals surface area contributed by atoms with E-state index in [1.54, 1.807) is 31.2 Å². The van der Waals surface area contributed by atoms with Crippen molar-refractivity contribution in [2.45, 2.75) is 11.8 Å². The highest BCUT2D eigenvalue weighted by Gasteiger charge is 2.16. The number of anilines is 2. The van der Waals surface area contributed by atoms with E-state index in [4.69, 9.17) is 9.78 Å². The maximum Gasteiger partial charge on any atom is 0.261 e. The summed E-state index contributed by atoms with van der Waals surface area (Å²) in [5.74, 6) is 0.383. The molecule has 0 fully saturated rings. The lowest BCUT2D eigenvalue weighted by Gasteiger charge is -2.09. The van der Waals surface area contributed by atoms with Crippen LogP contribution in [0.25, 0.3) is 0 Å². The number of hydrogen-bond acceptors (Lipinski definition) is 6. The first-order valence-corrected chi connectivity index (χ1v) is 9.23. The largest absolute Gasteiger partial charge is 0.360 e. The SMILES string of the molecule is Cc1cc(NC(=O)c2ccc(S(=O)(=O)Nc3cccc(C#N)c3)cc2)no1. The average molecular weight is 382 g/mol.